The zero-order chi connectivity index (χ0) is 22.4. The normalized spacial score (nSPS) is 22.2. The lowest BCUT2D eigenvalue weighted by Gasteiger charge is -2.36. The summed E-state index contributed by atoms with van der Waals surface area (Å²) in [5.74, 6) is 1.32. The third-order valence-corrected chi connectivity index (χ3v) is 8.26. The average molecular weight is 438 g/mol. The van der Waals surface area contributed by atoms with Gasteiger partial charge >= 0.3 is 0 Å². The standard InChI is InChI=1S/C30H31NO2/c32-19-20-13-15-31(16-14-20)26-8-5-22(6-9-26)30-28(24-4-2-21-1-3-23(21)17-24)11-7-25-18-27(33)10-12-29(25)30/h2,4-6,8-10,12,17-20,28,30,33H,1,3,7,11,13-16H2/t28-,30+/m0/s1. The molecule has 0 radical (unpaired) electrons. The second kappa shape index (κ2) is 8.37. The van der Waals surface area contributed by atoms with Crippen molar-refractivity contribution in [3.63, 3.8) is 0 Å². The minimum Gasteiger partial charge on any atom is -0.508 e. The largest absolute Gasteiger partial charge is 0.508 e. The summed E-state index contributed by atoms with van der Waals surface area (Å²) in [6.07, 6.45) is 7.55. The fraction of sp³-hybridized carbons (Fsp3) is 0.367. The van der Waals surface area contributed by atoms with Gasteiger partial charge in [0, 0.05) is 30.6 Å². The lowest BCUT2D eigenvalue weighted by Crippen LogP contribution is -2.34. The predicted octanol–water partition coefficient (Wildman–Crippen LogP) is 5.77. The minimum atomic E-state index is 0.222. The number of carbonyl (C=O) groups excluding carboxylic acids is 1. The summed E-state index contributed by atoms with van der Waals surface area (Å²) in [5.41, 5.74) is 9.72. The molecule has 6 rings (SSSR count). The number of carbonyl (C=O) groups is 1. The summed E-state index contributed by atoms with van der Waals surface area (Å²) >= 11 is 0. The van der Waals surface area contributed by atoms with Crippen LogP contribution < -0.4 is 4.90 Å². The highest BCUT2D eigenvalue weighted by Crippen LogP contribution is 2.48. The van der Waals surface area contributed by atoms with Gasteiger partial charge in [-0.05, 0) is 102 Å². The molecule has 1 heterocycles. The Morgan fingerprint density at radius 3 is 2.21 bits per heavy atom. The van der Waals surface area contributed by atoms with E-state index in [0.29, 0.717) is 17.6 Å². The number of phenolic OH excluding ortho intramolecular Hbond substituents is 1. The molecule has 0 unspecified atom stereocenters. The molecule has 3 nitrogen and oxygen atoms in total. The molecule has 2 atom stereocenters. The fourth-order valence-electron chi connectivity index (χ4n) is 6.21. The van der Waals surface area contributed by atoms with E-state index in [1.54, 1.807) is 0 Å². The van der Waals surface area contributed by atoms with E-state index >= 15 is 0 Å². The Morgan fingerprint density at radius 1 is 0.758 bits per heavy atom. The van der Waals surface area contributed by atoms with Crippen LogP contribution in [0.4, 0.5) is 5.69 Å². The van der Waals surface area contributed by atoms with Gasteiger partial charge in [-0.1, -0.05) is 36.4 Å². The Labute approximate surface area is 196 Å². The van der Waals surface area contributed by atoms with Gasteiger partial charge in [-0.15, -0.1) is 0 Å². The Kier molecular flexibility index (Phi) is 5.21. The van der Waals surface area contributed by atoms with Gasteiger partial charge in [0.1, 0.15) is 12.0 Å². The summed E-state index contributed by atoms with van der Waals surface area (Å²) in [4.78, 5) is 13.5. The molecular weight excluding hydrogens is 406 g/mol. The minimum absolute atomic E-state index is 0.222. The van der Waals surface area contributed by atoms with Crippen LogP contribution in [-0.2, 0) is 24.1 Å². The number of anilines is 1. The maximum absolute atomic E-state index is 11.1. The van der Waals surface area contributed by atoms with Crippen LogP contribution in [-0.4, -0.2) is 24.5 Å². The molecule has 3 aromatic rings. The first-order valence-corrected chi connectivity index (χ1v) is 12.4. The van der Waals surface area contributed by atoms with E-state index in [9.17, 15) is 9.90 Å². The van der Waals surface area contributed by atoms with Crippen molar-refractivity contribution in [3.05, 3.63) is 94.0 Å². The van der Waals surface area contributed by atoms with Gasteiger partial charge in [0.2, 0.25) is 0 Å². The number of rotatable bonds is 4. The van der Waals surface area contributed by atoms with Crippen LogP contribution in [0, 0.1) is 5.92 Å². The lowest BCUT2D eigenvalue weighted by molar-refractivity contribution is -0.111. The molecule has 2 aliphatic carbocycles. The van der Waals surface area contributed by atoms with Crippen molar-refractivity contribution >= 4 is 12.0 Å². The molecule has 1 aliphatic heterocycles. The number of piperidine rings is 1. The molecular formula is C30H31NO2. The van der Waals surface area contributed by atoms with Crippen LogP contribution in [0.2, 0.25) is 0 Å². The van der Waals surface area contributed by atoms with E-state index in [4.69, 9.17) is 0 Å². The van der Waals surface area contributed by atoms with E-state index < -0.39 is 0 Å². The molecule has 1 saturated heterocycles. The summed E-state index contributed by atoms with van der Waals surface area (Å²) in [6, 6.07) is 22.2. The monoisotopic (exact) mass is 437 g/mol. The lowest BCUT2D eigenvalue weighted by atomic mass is 9.68. The highest BCUT2D eigenvalue weighted by atomic mass is 16.3. The second-order valence-corrected chi connectivity index (χ2v) is 10.1. The van der Waals surface area contributed by atoms with E-state index in [0.717, 1.165) is 45.1 Å². The zero-order valence-corrected chi connectivity index (χ0v) is 19.0. The van der Waals surface area contributed by atoms with Gasteiger partial charge in [-0.25, -0.2) is 0 Å². The van der Waals surface area contributed by atoms with Crippen LogP contribution in [0.5, 0.6) is 5.75 Å². The SMILES string of the molecule is O=CC1CCN(c2ccc([C@H]3c4ccc(O)cc4CC[C@H]3c3ccc4c(c3)CC4)cc2)CC1. The van der Waals surface area contributed by atoms with Gasteiger partial charge in [0.15, 0.2) is 0 Å². The number of hydrogen-bond donors (Lipinski definition) is 1. The van der Waals surface area contributed by atoms with Crippen LogP contribution in [0.1, 0.15) is 64.5 Å². The van der Waals surface area contributed by atoms with Crippen molar-refractivity contribution in [2.45, 2.75) is 50.4 Å². The Hall–Kier alpha value is -3.07. The van der Waals surface area contributed by atoms with Crippen LogP contribution in [0.3, 0.4) is 0 Å². The predicted molar refractivity (Wildman–Crippen MR) is 132 cm³/mol. The third-order valence-electron chi connectivity index (χ3n) is 8.26. The zero-order valence-electron chi connectivity index (χ0n) is 19.0. The Bertz CT molecular complexity index is 1170. The van der Waals surface area contributed by atoms with Gasteiger partial charge < -0.3 is 14.8 Å². The number of phenols is 1. The molecule has 168 valence electrons. The molecule has 0 bridgehead atoms. The summed E-state index contributed by atoms with van der Waals surface area (Å²) in [5, 5.41) is 10.1. The summed E-state index contributed by atoms with van der Waals surface area (Å²) in [7, 11) is 0. The number of aryl methyl sites for hydroxylation is 3. The average Bonchev–Trinajstić information content (AvgIpc) is 2.84. The first-order chi connectivity index (χ1) is 16.2. The van der Waals surface area contributed by atoms with E-state index in [1.165, 1.54) is 51.9 Å². The second-order valence-electron chi connectivity index (χ2n) is 10.1. The third kappa shape index (κ3) is 3.74. The number of nitrogens with zero attached hydrogens (tertiary/aromatic N) is 1. The summed E-state index contributed by atoms with van der Waals surface area (Å²) in [6.45, 7) is 1.90. The Morgan fingerprint density at radius 2 is 1.52 bits per heavy atom. The number of aldehydes is 1. The van der Waals surface area contributed by atoms with Crippen molar-refractivity contribution in [1.82, 2.24) is 0 Å². The fourth-order valence-corrected chi connectivity index (χ4v) is 6.21. The van der Waals surface area contributed by atoms with Gasteiger partial charge in [-0.2, -0.15) is 0 Å². The molecule has 0 spiro atoms. The van der Waals surface area contributed by atoms with Crippen LogP contribution in [0.25, 0.3) is 0 Å². The molecule has 0 amide bonds. The molecule has 3 aromatic carbocycles. The quantitative estimate of drug-likeness (QED) is 0.527. The molecule has 3 aliphatic rings. The summed E-state index contributed by atoms with van der Waals surface area (Å²) < 4.78 is 0. The highest BCUT2D eigenvalue weighted by Gasteiger charge is 2.33. The van der Waals surface area contributed by atoms with Crippen LogP contribution in [0.15, 0.2) is 60.7 Å². The number of fused-ring (bicyclic) bond motifs is 2. The Balaban J connectivity index is 1.34. The molecule has 3 heteroatoms. The molecule has 0 aromatic heterocycles. The van der Waals surface area contributed by atoms with Crippen LogP contribution >= 0.6 is 0 Å². The number of hydrogen-bond acceptors (Lipinski definition) is 3. The van der Waals surface area contributed by atoms with Crippen molar-refractivity contribution in [2.24, 2.45) is 5.92 Å². The van der Waals surface area contributed by atoms with E-state index in [1.807, 2.05) is 12.1 Å². The van der Waals surface area contributed by atoms with Gasteiger partial charge in [-0.3, -0.25) is 0 Å². The molecule has 1 fully saturated rings. The first kappa shape index (κ1) is 20.5. The van der Waals surface area contributed by atoms with Gasteiger partial charge in [0.25, 0.3) is 0 Å². The van der Waals surface area contributed by atoms with Crippen molar-refractivity contribution in [3.8, 4) is 5.75 Å². The smallest absolute Gasteiger partial charge is 0.123 e. The molecule has 1 N–H and O–H groups in total. The molecule has 0 saturated carbocycles. The number of aromatic hydroxyl groups is 1. The number of benzene rings is 3. The topological polar surface area (TPSA) is 40.5 Å². The van der Waals surface area contributed by atoms with E-state index in [2.05, 4.69) is 53.4 Å². The van der Waals surface area contributed by atoms with Crippen molar-refractivity contribution in [2.75, 3.05) is 18.0 Å². The maximum atomic E-state index is 11.1. The van der Waals surface area contributed by atoms with Gasteiger partial charge in [0.05, 0.1) is 0 Å². The van der Waals surface area contributed by atoms with E-state index in [-0.39, 0.29) is 5.92 Å². The maximum Gasteiger partial charge on any atom is 0.123 e. The van der Waals surface area contributed by atoms with Crippen molar-refractivity contribution < 1.29 is 9.90 Å². The first-order valence-electron chi connectivity index (χ1n) is 12.4. The molecule has 33 heavy (non-hydrogen) atoms. The van der Waals surface area contributed by atoms with Crippen molar-refractivity contribution in [1.29, 1.82) is 0 Å². The highest BCUT2D eigenvalue weighted by molar-refractivity contribution is 5.56.